The Morgan fingerprint density at radius 2 is 1.80 bits per heavy atom. The number of carbonyl (C=O) groups excluding carboxylic acids is 2. The van der Waals surface area contributed by atoms with Crippen LogP contribution in [0.1, 0.15) is 31.7 Å². The molecule has 3 rings (SSSR count). The summed E-state index contributed by atoms with van der Waals surface area (Å²) in [6.45, 7) is 4.48. The van der Waals surface area contributed by atoms with Crippen molar-refractivity contribution < 1.29 is 28.5 Å². The van der Waals surface area contributed by atoms with Crippen LogP contribution in [-0.4, -0.2) is 44.0 Å². The van der Waals surface area contributed by atoms with E-state index >= 15 is 0 Å². The van der Waals surface area contributed by atoms with Gasteiger partial charge in [-0.2, -0.15) is 0 Å². The van der Waals surface area contributed by atoms with E-state index in [9.17, 15) is 9.59 Å². The maximum Gasteiger partial charge on any atom is 0.338 e. The van der Waals surface area contributed by atoms with Gasteiger partial charge in [0.25, 0.3) is 0 Å². The lowest BCUT2D eigenvalue weighted by Gasteiger charge is -2.31. The average Bonchev–Trinajstić information content (AvgIpc) is 3.22. The van der Waals surface area contributed by atoms with E-state index in [1.165, 1.54) is 0 Å². The van der Waals surface area contributed by atoms with E-state index in [1.807, 2.05) is 12.1 Å². The number of halogens is 1. The van der Waals surface area contributed by atoms with E-state index in [4.69, 9.17) is 18.9 Å². The quantitative estimate of drug-likeness (QED) is 0.624. The van der Waals surface area contributed by atoms with Gasteiger partial charge in [-0.15, -0.1) is 12.4 Å². The summed E-state index contributed by atoms with van der Waals surface area (Å²) in [5, 5.41) is 3.03. The van der Waals surface area contributed by atoms with Crippen LogP contribution in [0.3, 0.4) is 0 Å². The number of benzene rings is 1. The van der Waals surface area contributed by atoms with E-state index in [1.54, 1.807) is 19.9 Å². The van der Waals surface area contributed by atoms with E-state index < -0.39 is 23.4 Å². The summed E-state index contributed by atoms with van der Waals surface area (Å²) >= 11 is 0. The third-order valence-electron chi connectivity index (χ3n) is 4.35. The first-order valence-corrected chi connectivity index (χ1v) is 8.12. The largest absolute Gasteiger partial charge is 0.464 e. The monoisotopic (exact) mass is 371 g/mol. The molecule has 7 nitrogen and oxygen atoms in total. The molecular weight excluding hydrogens is 350 g/mol. The van der Waals surface area contributed by atoms with Gasteiger partial charge in [0.05, 0.1) is 13.2 Å². The van der Waals surface area contributed by atoms with Crippen molar-refractivity contribution in [1.29, 1.82) is 0 Å². The SMILES string of the molecule is CCOC(=O)C1(C(=O)OCC)NCCC1c1ccc2c(c1)OCO2.Cl. The van der Waals surface area contributed by atoms with Crippen LogP contribution in [0.5, 0.6) is 11.5 Å². The van der Waals surface area contributed by atoms with Crippen LogP contribution in [0.15, 0.2) is 18.2 Å². The maximum absolute atomic E-state index is 12.7. The lowest BCUT2D eigenvalue weighted by atomic mass is 9.80. The second-order valence-electron chi connectivity index (χ2n) is 5.63. The Balaban J connectivity index is 0.00000225. The van der Waals surface area contributed by atoms with Crippen LogP contribution in [0.4, 0.5) is 0 Å². The topological polar surface area (TPSA) is 83.1 Å². The third-order valence-corrected chi connectivity index (χ3v) is 4.35. The van der Waals surface area contributed by atoms with Crippen molar-refractivity contribution in [2.75, 3.05) is 26.6 Å². The number of fused-ring (bicyclic) bond motifs is 1. The Hall–Kier alpha value is -1.99. The van der Waals surface area contributed by atoms with E-state index in [-0.39, 0.29) is 32.4 Å². The zero-order valence-corrected chi connectivity index (χ0v) is 15.0. The van der Waals surface area contributed by atoms with Crippen molar-refractivity contribution in [1.82, 2.24) is 5.32 Å². The molecule has 2 heterocycles. The Bertz CT molecular complexity index is 632. The third kappa shape index (κ3) is 3.26. The molecule has 25 heavy (non-hydrogen) atoms. The molecule has 1 saturated heterocycles. The molecule has 1 aromatic carbocycles. The van der Waals surface area contributed by atoms with Crippen molar-refractivity contribution in [2.45, 2.75) is 31.7 Å². The maximum atomic E-state index is 12.7. The predicted molar refractivity (Wildman–Crippen MR) is 91.2 cm³/mol. The number of nitrogens with one attached hydrogen (secondary N) is 1. The minimum absolute atomic E-state index is 0. The highest BCUT2D eigenvalue weighted by Gasteiger charge is 2.58. The standard InChI is InChI=1S/C17H21NO6.ClH/c1-3-21-15(19)17(16(20)22-4-2)12(7-8-18-17)11-5-6-13-14(9-11)24-10-23-13;/h5-6,9,12,18H,3-4,7-8,10H2,1-2H3;1H. The first kappa shape index (κ1) is 19.3. The molecule has 2 aliphatic heterocycles. The van der Waals surface area contributed by atoms with E-state index in [0.717, 1.165) is 5.56 Å². The summed E-state index contributed by atoms with van der Waals surface area (Å²) in [5.41, 5.74) is -0.718. The number of hydrogen-bond acceptors (Lipinski definition) is 7. The molecule has 0 amide bonds. The van der Waals surface area contributed by atoms with Crippen LogP contribution in [0, 0.1) is 0 Å². The van der Waals surface area contributed by atoms with Gasteiger partial charge in [0, 0.05) is 5.92 Å². The first-order chi connectivity index (χ1) is 11.6. The highest BCUT2D eigenvalue weighted by molar-refractivity contribution is 6.06. The zero-order chi connectivity index (χ0) is 17.2. The summed E-state index contributed by atoms with van der Waals surface area (Å²) in [6.07, 6.45) is 0.608. The van der Waals surface area contributed by atoms with Gasteiger partial charge in [0.15, 0.2) is 11.5 Å². The summed E-state index contributed by atoms with van der Waals surface area (Å²) in [6, 6.07) is 5.45. The highest BCUT2D eigenvalue weighted by Crippen LogP contribution is 2.42. The van der Waals surface area contributed by atoms with E-state index in [2.05, 4.69) is 5.32 Å². The van der Waals surface area contributed by atoms with Crippen molar-refractivity contribution in [2.24, 2.45) is 0 Å². The zero-order valence-electron chi connectivity index (χ0n) is 14.2. The molecule has 1 atom stereocenters. The molecule has 2 aliphatic rings. The van der Waals surface area contributed by atoms with Gasteiger partial charge in [-0.05, 0) is 44.5 Å². The predicted octanol–water partition coefficient (Wildman–Crippen LogP) is 1.78. The molecule has 1 N–H and O–H groups in total. The molecule has 138 valence electrons. The molecule has 0 aromatic heterocycles. The minimum Gasteiger partial charge on any atom is -0.464 e. The van der Waals surface area contributed by atoms with Gasteiger partial charge in [-0.3, -0.25) is 5.32 Å². The van der Waals surface area contributed by atoms with Crippen molar-refractivity contribution in [3.8, 4) is 11.5 Å². The molecule has 8 heteroatoms. The Labute approximate surface area is 152 Å². The summed E-state index contributed by atoms with van der Waals surface area (Å²) in [7, 11) is 0. The number of carbonyl (C=O) groups is 2. The van der Waals surface area contributed by atoms with Gasteiger partial charge in [-0.25, -0.2) is 9.59 Å². The molecule has 0 aliphatic carbocycles. The second kappa shape index (κ2) is 7.93. The van der Waals surface area contributed by atoms with Crippen molar-refractivity contribution in [3.05, 3.63) is 23.8 Å². The van der Waals surface area contributed by atoms with Crippen molar-refractivity contribution in [3.63, 3.8) is 0 Å². The number of esters is 2. The van der Waals surface area contributed by atoms with Crippen LogP contribution in [0.2, 0.25) is 0 Å². The Kier molecular flexibility index (Phi) is 6.13. The number of rotatable bonds is 5. The summed E-state index contributed by atoms with van der Waals surface area (Å²) < 4.78 is 21.1. The second-order valence-corrected chi connectivity index (χ2v) is 5.63. The van der Waals surface area contributed by atoms with Crippen LogP contribution in [-0.2, 0) is 19.1 Å². The van der Waals surface area contributed by atoms with Crippen LogP contribution < -0.4 is 14.8 Å². The first-order valence-electron chi connectivity index (χ1n) is 8.12. The van der Waals surface area contributed by atoms with Crippen LogP contribution >= 0.6 is 12.4 Å². The summed E-state index contributed by atoms with van der Waals surface area (Å²) in [4.78, 5) is 25.3. The fourth-order valence-electron chi connectivity index (χ4n) is 3.30. The number of hydrogen-bond donors (Lipinski definition) is 1. The van der Waals surface area contributed by atoms with Crippen LogP contribution in [0.25, 0.3) is 0 Å². The van der Waals surface area contributed by atoms with Gasteiger partial charge in [0.2, 0.25) is 12.3 Å². The summed E-state index contributed by atoms with van der Waals surface area (Å²) in [5.74, 6) is -0.346. The Morgan fingerprint density at radius 1 is 1.16 bits per heavy atom. The van der Waals surface area contributed by atoms with Gasteiger partial charge < -0.3 is 18.9 Å². The molecule has 1 unspecified atom stereocenters. The highest BCUT2D eigenvalue weighted by atomic mass is 35.5. The molecule has 0 saturated carbocycles. The average molecular weight is 372 g/mol. The molecule has 0 spiro atoms. The molecule has 0 bridgehead atoms. The number of ether oxygens (including phenoxy) is 4. The minimum atomic E-state index is -1.53. The van der Waals surface area contributed by atoms with Crippen molar-refractivity contribution >= 4 is 24.3 Å². The lowest BCUT2D eigenvalue weighted by Crippen LogP contribution is -2.59. The fourth-order valence-corrected chi connectivity index (χ4v) is 3.30. The fraction of sp³-hybridized carbons (Fsp3) is 0.529. The normalized spacial score (nSPS) is 19.8. The van der Waals surface area contributed by atoms with Gasteiger partial charge in [-0.1, -0.05) is 6.07 Å². The lowest BCUT2D eigenvalue weighted by molar-refractivity contribution is -0.166. The molecule has 1 aromatic rings. The molecular formula is C17H22ClNO6. The Morgan fingerprint density at radius 3 is 2.44 bits per heavy atom. The smallest absolute Gasteiger partial charge is 0.338 e. The van der Waals surface area contributed by atoms with E-state index in [0.29, 0.717) is 24.5 Å². The van der Waals surface area contributed by atoms with Gasteiger partial charge in [0.1, 0.15) is 0 Å². The van der Waals surface area contributed by atoms with Gasteiger partial charge >= 0.3 is 11.9 Å². The molecule has 0 radical (unpaired) electrons. The molecule has 1 fully saturated rings.